The summed E-state index contributed by atoms with van der Waals surface area (Å²) in [5, 5.41) is 9.50. The molecule has 0 unspecified atom stereocenters. The summed E-state index contributed by atoms with van der Waals surface area (Å²) in [5.74, 6) is -0.116. The van der Waals surface area contributed by atoms with Gasteiger partial charge in [0.15, 0.2) is 0 Å². The second kappa shape index (κ2) is 3.35. The average Bonchev–Trinajstić information content (AvgIpc) is 1.96. The Morgan fingerprint density at radius 2 is 2.23 bits per heavy atom. The van der Waals surface area contributed by atoms with Crippen molar-refractivity contribution in [2.24, 2.45) is 0 Å². The molecule has 70 valence electrons. The highest BCUT2D eigenvalue weighted by Crippen LogP contribution is 1.90. The minimum atomic E-state index is -0.585. The number of hydrogen-bond acceptors (Lipinski definition) is 4. The highest BCUT2D eigenvalue weighted by Gasteiger charge is 1.99. The smallest absolute Gasteiger partial charge is 0.348 e. The summed E-state index contributed by atoms with van der Waals surface area (Å²) in [6, 6.07) is 1.30. The van der Waals surface area contributed by atoms with Crippen LogP contribution in [0.5, 0.6) is 5.75 Å². The van der Waals surface area contributed by atoms with Gasteiger partial charge >= 0.3 is 5.63 Å². The molecule has 0 aromatic carbocycles. The molecule has 0 spiro atoms. The van der Waals surface area contributed by atoms with E-state index < -0.39 is 5.63 Å². The van der Waals surface area contributed by atoms with Gasteiger partial charge in [-0.05, 0) is 0 Å². The molecule has 0 amide bonds. The average molecular weight is 181 g/mol. The van der Waals surface area contributed by atoms with Gasteiger partial charge in [0, 0.05) is 26.4 Å². The largest absolute Gasteiger partial charge is 0.507 e. The van der Waals surface area contributed by atoms with Crippen LogP contribution in [0.15, 0.2) is 15.3 Å². The molecule has 0 fully saturated rings. The van der Waals surface area contributed by atoms with Gasteiger partial charge in [-0.1, -0.05) is 6.58 Å². The van der Waals surface area contributed by atoms with Gasteiger partial charge < -0.3 is 14.4 Å². The minimum absolute atomic E-state index is 0.116. The van der Waals surface area contributed by atoms with Crippen molar-refractivity contribution >= 4 is 12.8 Å². The zero-order valence-electron chi connectivity index (χ0n) is 7.57. The topological polar surface area (TPSA) is 53.7 Å². The first-order valence-electron chi connectivity index (χ1n) is 3.71. The maximum atomic E-state index is 11.2. The molecule has 0 bridgehead atoms. The summed E-state index contributed by atoms with van der Waals surface area (Å²) in [5.41, 5.74) is -0.433. The third-order valence-corrected chi connectivity index (χ3v) is 1.40. The van der Waals surface area contributed by atoms with E-state index in [1.807, 2.05) is 0 Å². The van der Waals surface area contributed by atoms with Gasteiger partial charge in [0.25, 0.3) is 0 Å². The Bertz CT molecular complexity index is 459. The Hall–Kier alpha value is -1.71. The molecule has 13 heavy (non-hydrogen) atoms. The van der Waals surface area contributed by atoms with Crippen LogP contribution in [0.25, 0.3) is 12.8 Å². The second-order valence-corrected chi connectivity index (χ2v) is 2.89. The van der Waals surface area contributed by atoms with Crippen molar-refractivity contribution in [2.75, 3.05) is 14.1 Å². The van der Waals surface area contributed by atoms with Crippen molar-refractivity contribution in [1.29, 1.82) is 0 Å². The van der Waals surface area contributed by atoms with Crippen molar-refractivity contribution in [3.63, 3.8) is 0 Å². The van der Waals surface area contributed by atoms with Gasteiger partial charge in [-0.15, -0.1) is 0 Å². The van der Waals surface area contributed by atoms with Crippen LogP contribution >= 0.6 is 0 Å². The zero-order valence-corrected chi connectivity index (χ0v) is 7.57. The van der Waals surface area contributed by atoms with Crippen LogP contribution in [0, 0.1) is 0 Å². The van der Waals surface area contributed by atoms with Crippen LogP contribution in [0.3, 0.4) is 0 Å². The molecule has 0 saturated heterocycles. The molecule has 0 saturated carbocycles. The fourth-order valence-electron chi connectivity index (χ4n) is 0.915. The zero-order chi connectivity index (χ0) is 10.0. The first-order valence-corrected chi connectivity index (χ1v) is 3.71. The van der Waals surface area contributed by atoms with Gasteiger partial charge in [0.1, 0.15) is 16.4 Å². The molecule has 1 heterocycles. The van der Waals surface area contributed by atoms with Crippen molar-refractivity contribution < 1.29 is 9.52 Å². The summed E-state index contributed by atoms with van der Waals surface area (Å²) < 4.78 is 4.71. The molecule has 1 rings (SSSR count). The number of hydrogen-bond donors (Lipinski definition) is 1. The fourth-order valence-corrected chi connectivity index (χ4v) is 0.915. The molecule has 0 radical (unpaired) electrons. The third-order valence-electron chi connectivity index (χ3n) is 1.40. The van der Waals surface area contributed by atoms with Crippen LogP contribution in [-0.2, 0) is 0 Å². The molecule has 1 N–H and O–H groups in total. The lowest BCUT2D eigenvalue weighted by atomic mass is 10.3. The summed E-state index contributed by atoms with van der Waals surface area (Å²) in [6.07, 6.45) is 1.49. The van der Waals surface area contributed by atoms with E-state index >= 15 is 0 Å². The van der Waals surface area contributed by atoms with E-state index in [1.54, 1.807) is 19.0 Å². The van der Waals surface area contributed by atoms with Gasteiger partial charge in [-0.3, -0.25) is 0 Å². The van der Waals surface area contributed by atoms with Crippen molar-refractivity contribution in [3.05, 3.63) is 27.1 Å². The van der Waals surface area contributed by atoms with Crippen LogP contribution in [0.1, 0.15) is 0 Å². The Kier molecular flexibility index (Phi) is 2.41. The molecule has 0 atom stereocenters. The molecule has 0 aliphatic heterocycles. The normalized spacial score (nSPS) is 11.7. The predicted molar refractivity (Wildman–Crippen MR) is 49.6 cm³/mol. The van der Waals surface area contributed by atoms with E-state index in [0.717, 1.165) is 0 Å². The predicted octanol–water partition coefficient (Wildman–Crippen LogP) is -0.945. The van der Waals surface area contributed by atoms with E-state index in [-0.39, 0.29) is 16.4 Å². The number of aromatic hydroxyl groups is 1. The van der Waals surface area contributed by atoms with Gasteiger partial charge in [-0.2, -0.15) is 0 Å². The van der Waals surface area contributed by atoms with Gasteiger partial charge in [0.05, 0.1) is 0 Å². The quantitative estimate of drug-likeness (QED) is 0.607. The molecule has 4 nitrogen and oxygen atoms in total. The van der Waals surface area contributed by atoms with E-state index in [1.165, 1.54) is 12.3 Å². The maximum absolute atomic E-state index is 11.2. The minimum Gasteiger partial charge on any atom is -0.507 e. The Morgan fingerprint density at radius 1 is 1.62 bits per heavy atom. The highest BCUT2D eigenvalue weighted by atomic mass is 16.4. The Balaban J connectivity index is 3.56. The first-order chi connectivity index (χ1) is 6.00. The molecule has 0 aliphatic rings. The molecule has 4 heteroatoms. The van der Waals surface area contributed by atoms with Crippen LogP contribution in [0.4, 0.5) is 0 Å². The van der Waals surface area contributed by atoms with Gasteiger partial charge in [-0.25, -0.2) is 4.79 Å². The standard InChI is InChI=1S/C9H11NO3/c1-6-4-8(11)7(5-10(2)3)9(12)13-6/h4-5,11H,1H2,2-3H3. The summed E-state index contributed by atoms with van der Waals surface area (Å²) in [7, 11) is 3.49. The Morgan fingerprint density at radius 3 is 2.69 bits per heavy atom. The lowest BCUT2D eigenvalue weighted by molar-refractivity contribution is 0.423. The van der Waals surface area contributed by atoms with E-state index in [0.29, 0.717) is 0 Å². The van der Waals surface area contributed by atoms with E-state index in [9.17, 15) is 9.90 Å². The molecular weight excluding hydrogens is 170 g/mol. The lowest BCUT2D eigenvalue weighted by Crippen LogP contribution is -2.29. The number of rotatable bonds is 1. The second-order valence-electron chi connectivity index (χ2n) is 2.89. The molecular formula is C9H11NO3. The first kappa shape index (κ1) is 9.38. The van der Waals surface area contributed by atoms with E-state index in [2.05, 4.69) is 6.58 Å². The van der Waals surface area contributed by atoms with Crippen molar-refractivity contribution in [3.8, 4) is 5.75 Å². The molecule has 0 aliphatic carbocycles. The maximum Gasteiger partial charge on any atom is 0.348 e. The SMILES string of the molecule is C=c1cc(O)c(=CN(C)C)c(=O)o1. The monoisotopic (exact) mass is 181 g/mol. The lowest BCUT2D eigenvalue weighted by Gasteiger charge is -2.02. The van der Waals surface area contributed by atoms with Crippen molar-refractivity contribution in [2.45, 2.75) is 0 Å². The fraction of sp³-hybridized carbons (Fsp3) is 0.222. The van der Waals surface area contributed by atoms with Crippen LogP contribution in [0.2, 0.25) is 0 Å². The van der Waals surface area contributed by atoms with Gasteiger partial charge in [0.2, 0.25) is 0 Å². The van der Waals surface area contributed by atoms with E-state index in [4.69, 9.17) is 4.42 Å². The number of nitrogens with zero attached hydrogens (tertiary/aromatic N) is 1. The van der Waals surface area contributed by atoms with Crippen LogP contribution in [-0.4, -0.2) is 24.1 Å². The summed E-state index contributed by atoms with van der Waals surface area (Å²) >= 11 is 0. The van der Waals surface area contributed by atoms with Crippen LogP contribution < -0.4 is 16.3 Å². The highest BCUT2D eigenvalue weighted by molar-refractivity contribution is 5.29. The third kappa shape index (κ3) is 2.11. The van der Waals surface area contributed by atoms with Crippen molar-refractivity contribution in [1.82, 2.24) is 4.90 Å². The summed E-state index contributed by atoms with van der Waals surface area (Å²) in [6.45, 7) is 3.41. The Labute approximate surface area is 75.0 Å². The molecule has 1 aromatic rings. The molecule has 1 aromatic heterocycles. The summed E-state index contributed by atoms with van der Waals surface area (Å²) in [4.78, 5) is 12.8.